The van der Waals surface area contributed by atoms with E-state index in [1.54, 1.807) is 7.11 Å². The number of carbonyl (C=O) groups excluding carboxylic acids is 1. The second-order valence-corrected chi connectivity index (χ2v) is 9.35. The molecule has 1 unspecified atom stereocenters. The zero-order valence-electron chi connectivity index (χ0n) is 19.4. The maximum absolute atomic E-state index is 13.5. The molecule has 5 nitrogen and oxygen atoms in total. The van der Waals surface area contributed by atoms with Crippen LogP contribution in [0.1, 0.15) is 52.2 Å². The van der Waals surface area contributed by atoms with Crippen LogP contribution in [0.2, 0.25) is 0 Å². The number of nitrogens with zero attached hydrogens (tertiary/aromatic N) is 2. The van der Waals surface area contributed by atoms with Gasteiger partial charge in [0, 0.05) is 36.7 Å². The molecule has 34 heavy (non-hydrogen) atoms. The number of ether oxygens (including phenoxy) is 2. The van der Waals surface area contributed by atoms with Crippen molar-refractivity contribution < 1.29 is 14.3 Å². The van der Waals surface area contributed by atoms with Crippen LogP contribution in [0.5, 0.6) is 17.2 Å². The smallest absolute Gasteiger partial charge is 0.254 e. The van der Waals surface area contributed by atoms with Crippen molar-refractivity contribution in [3.63, 3.8) is 0 Å². The van der Waals surface area contributed by atoms with Crippen molar-refractivity contribution in [3.05, 3.63) is 82.9 Å². The fourth-order valence-electron chi connectivity index (χ4n) is 5.73. The minimum Gasteiger partial charge on any atom is -0.497 e. The van der Waals surface area contributed by atoms with Crippen LogP contribution >= 0.6 is 0 Å². The summed E-state index contributed by atoms with van der Waals surface area (Å²) < 4.78 is 11.3. The van der Waals surface area contributed by atoms with E-state index in [1.807, 2.05) is 42.6 Å². The summed E-state index contributed by atoms with van der Waals surface area (Å²) in [5, 5.41) is 0. The number of amides is 1. The summed E-state index contributed by atoms with van der Waals surface area (Å²) in [7, 11) is 1.66. The van der Waals surface area contributed by atoms with E-state index in [9.17, 15) is 4.79 Å². The second-order valence-electron chi connectivity index (χ2n) is 9.35. The van der Waals surface area contributed by atoms with Crippen LogP contribution in [-0.2, 0) is 12.8 Å². The highest BCUT2D eigenvalue weighted by Crippen LogP contribution is 2.43. The Labute approximate surface area is 200 Å². The molecule has 5 heteroatoms. The molecule has 0 aromatic heterocycles. The van der Waals surface area contributed by atoms with E-state index in [0.29, 0.717) is 5.92 Å². The average molecular weight is 453 g/mol. The first kappa shape index (κ1) is 21.0. The molecule has 0 radical (unpaired) electrons. The van der Waals surface area contributed by atoms with Gasteiger partial charge >= 0.3 is 0 Å². The van der Waals surface area contributed by atoms with Gasteiger partial charge < -0.3 is 14.4 Å². The highest BCUT2D eigenvalue weighted by molar-refractivity contribution is 5.96. The molecule has 3 aromatic carbocycles. The molecule has 3 aliphatic rings. The van der Waals surface area contributed by atoms with Gasteiger partial charge in [-0.2, -0.15) is 0 Å². The molecule has 6 rings (SSSR count). The van der Waals surface area contributed by atoms with E-state index < -0.39 is 0 Å². The van der Waals surface area contributed by atoms with Crippen LogP contribution in [0, 0.1) is 0 Å². The van der Waals surface area contributed by atoms with Crippen molar-refractivity contribution in [3.8, 4) is 17.2 Å². The largest absolute Gasteiger partial charge is 0.497 e. The number of carbonyl (C=O) groups is 1. The van der Waals surface area contributed by atoms with Gasteiger partial charge in [0.1, 0.15) is 17.2 Å². The van der Waals surface area contributed by atoms with Gasteiger partial charge in [-0.25, -0.2) is 0 Å². The molecule has 0 bridgehead atoms. The molecule has 2 aliphatic heterocycles. The van der Waals surface area contributed by atoms with Crippen LogP contribution in [0.25, 0.3) is 0 Å². The van der Waals surface area contributed by atoms with Gasteiger partial charge in [0.2, 0.25) is 0 Å². The minimum absolute atomic E-state index is 0.141. The lowest BCUT2D eigenvalue weighted by molar-refractivity contribution is 0.0546. The fourth-order valence-corrected chi connectivity index (χ4v) is 5.73. The van der Waals surface area contributed by atoms with Crippen molar-refractivity contribution >= 4 is 17.8 Å². The average Bonchev–Trinajstić information content (AvgIpc) is 3.36. The number of benzene rings is 3. The molecule has 1 fully saturated rings. The lowest BCUT2D eigenvalue weighted by Gasteiger charge is -2.45. The Morgan fingerprint density at radius 1 is 0.941 bits per heavy atom. The van der Waals surface area contributed by atoms with E-state index in [2.05, 4.69) is 34.2 Å². The first-order valence-corrected chi connectivity index (χ1v) is 12.1. The number of hydrogen-bond acceptors (Lipinski definition) is 4. The van der Waals surface area contributed by atoms with Crippen LogP contribution in [0.15, 0.2) is 65.7 Å². The number of methoxy groups -OCH3 is 1. The third kappa shape index (κ3) is 3.75. The Balaban J connectivity index is 1.22. The molecule has 172 valence electrons. The number of likely N-dealkylation sites (tertiary alicyclic amines) is 1. The SMILES string of the molecule is COc1ccc(Oc2ccc3c(c2)CC[C@H]2C3CCCN2C(=O)c2ccc3c(c2)N=CC3)cc1. The zero-order valence-corrected chi connectivity index (χ0v) is 19.4. The lowest BCUT2D eigenvalue weighted by Crippen LogP contribution is -2.49. The Morgan fingerprint density at radius 3 is 2.62 bits per heavy atom. The molecular weight excluding hydrogens is 424 g/mol. The van der Waals surface area contributed by atoms with E-state index in [0.717, 1.165) is 67.1 Å². The number of rotatable bonds is 4. The lowest BCUT2D eigenvalue weighted by atomic mass is 9.74. The maximum Gasteiger partial charge on any atom is 0.254 e. The Bertz CT molecular complexity index is 1260. The minimum atomic E-state index is 0.141. The molecule has 1 amide bonds. The first-order valence-electron chi connectivity index (χ1n) is 12.1. The summed E-state index contributed by atoms with van der Waals surface area (Å²) in [5.41, 5.74) is 5.61. The molecule has 3 aromatic rings. The third-order valence-corrected chi connectivity index (χ3v) is 7.43. The summed E-state index contributed by atoms with van der Waals surface area (Å²) in [6.07, 6.45) is 6.86. The first-order chi connectivity index (χ1) is 16.7. The van der Waals surface area contributed by atoms with Crippen LogP contribution < -0.4 is 9.47 Å². The van der Waals surface area contributed by atoms with Gasteiger partial charge in [-0.3, -0.25) is 9.79 Å². The zero-order chi connectivity index (χ0) is 23.1. The number of hydrogen-bond donors (Lipinski definition) is 0. The second kappa shape index (κ2) is 8.64. The topological polar surface area (TPSA) is 51.1 Å². The van der Waals surface area contributed by atoms with Gasteiger partial charge in [-0.05, 0) is 90.9 Å². The van der Waals surface area contributed by atoms with Crippen molar-refractivity contribution in [2.24, 2.45) is 4.99 Å². The van der Waals surface area contributed by atoms with Crippen molar-refractivity contribution in [2.75, 3.05) is 13.7 Å². The Hall–Kier alpha value is -3.60. The monoisotopic (exact) mass is 452 g/mol. The number of fused-ring (bicyclic) bond motifs is 4. The quantitative estimate of drug-likeness (QED) is 0.482. The van der Waals surface area contributed by atoms with Crippen LogP contribution in [0.3, 0.4) is 0 Å². The van der Waals surface area contributed by atoms with Gasteiger partial charge in [0.25, 0.3) is 5.91 Å². The maximum atomic E-state index is 13.5. The highest BCUT2D eigenvalue weighted by Gasteiger charge is 2.38. The van der Waals surface area contributed by atoms with Crippen molar-refractivity contribution in [2.45, 2.75) is 44.1 Å². The van der Waals surface area contributed by atoms with Crippen LogP contribution in [-0.4, -0.2) is 36.7 Å². The predicted molar refractivity (Wildman–Crippen MR) is 133 cm³/mol. The summed E-state index contributed by atoms with van der Waals surface area (Å²) in [6.45, 7) is 0.828. The van der Waals surface area contributed by atoms with Crippen molar-refractivity contribution in [1.29, 1.82) is 0 Å². The molecule has 0 saturated carbocycles. The van der Waals surface area contributed by atoms with Gasteiger partial charge in [0.15, 0.2) is 0 Å². The fraction of sp³-hybridized carbons (Fsp3) is 0.310. The molecule has 0 spiro atoms. The van der Waals surface area contributed by atoms with Crippen molar-refractivity contribution in [1.82, 2.24) is 4.90 Å². The summed E-state index contributed by atoms with van der Waals surface area (Å²) in [6, 6.07) is 20.3. The third-order valence-electron chi connectivity index (χ3n) is 7.43. The normalized spacial score (nSPS) is 20.3. The Kier molecular flexibility index (Phi) is 5.33. The van der Waals surface area contributed by atoms with E-state index >= 15 is 0 Å². The van der Waals surface area contributed by atoms with E-state index in [-0.39, 0.29) is 11.9 Å². The summed E-state index contributed by atoms with van der Waals surface area (Å²) in [5.74, 6) is 2.98. The van der Waals surface area contributed by atoms with E-state index in [1.165, 1.54) is 16.7 Å². The summed E-state index contributed by atoms with van der Waals surface area (Å²) >= 11 is 0. The predicted octanol–water partition coefficient (Wildman–Crippen LogP) is 6.08. The van der Waals surface area contributed by atoms with Crippen LogP contribution in [0.4, 0.5) is 5.69 Å². The Morgan fingerprint density at radius 2 is 1.76 bits per heavy atom. The molecular formula is C29H28N2O3. The van der Waals surface area contributed by atoms with Gasteiger partial charge in [0.05, 0.1) is 12.8 Å². The highest BCUT2D eigenvalue weighted by atomic mass is 16.5. The van der Waals surface area contributed by atoms with Gasteiger partial charge in [-0.1, -0.05) is 12.1 Å². The molecule has 1 saturated heterocycles. The number of piperidine rings is 1. The van der Waals surface area contributed by atoms with Gasteiger partial charge in [-0.15, -0.1) is 0 Å². The molecule has 1 aliphatic carbocycles. The number of aliphatic imine (C=N–C) groups is 1. The van der Waals surface area contributed by atoms with E-state index in [4.69, 9.17) is 9.47 Å². The number of aryl methyl sites for hydroxylation is 1. The summed E-state index contributed by atoms with van der Waals surface area (Å²) in [4.78, 5) is 20.1. The standard InChI is InChI=1S/C29H28N2O3/c1-33-22-7-9-23(10-8-22)34-24-11-12-25-20(17-24)6-13-28-26(25)3-2-16-31(28)29(32)21-5-4-19-14-15-30-27(19)18-21/h4-5,7-12,15,17-18,26,28H,2-3,6,13-14,16H2,1H3/t26?,28-/m0/s1. The molecule has 2 heterocycles. The molecule has 2 atom stereocenters. The molecule has 0 N–H and O–H groups in total.